The van der Waals surface area contributed by atoms with Crippen LogP contribution in [0.4, 0.5) is 5.69 Å². The normalized spacial score (nSPS) is 17.6. The van der Waals surface area contributed by atoms with Gasteiger partial charge >= 0.3 is 0 Å². The van der Waals surface area contributed by atoms with Gasteiger partial charge in [0.05, 0.1) is 24.1 Å². The quantitative estimate of drug-likeness (QED) is 0.782. The summed E-state index contributed by atoms with van der Waals surface area (Å²) in [5.41, 5.74) is 0.323. The Balaban J connectivity index is 2.21. The number of nitrogens with one attached hydrogen (secondary N) is 1. The second kappa shape index (κ2) is 8.45. The lowest BCUT2D eigenvalue weighted by molar-refractivity contribution is -0.122. The molecule has 1 aromatic rings. The molecule has 0 aliphatic carbocycles. The molecule has 1 N–H and O–H groups in total. The predicted molar refractivity (Wildman–Crippen MR) is 103 cm³/mol. The van der Waals surface area contributed by atoms with E-state index in [0.717, 1.165) is 36.5 Å². The minimum atomic E-state index is -3.68. The number of amides is 1. The number of carbonyl (C=O) groups is 1. The molecule has 0 saturated carbocycles. The van der Waals surface area contributed by atoms with Gasteiger partial charge in [-0.2, -0.15) is 0 Å². The fourth-order valence-electron chi connectivity index (χ4n) is 3.08. The van der Waals surface area contributed by atoms with Gasteiger partial charge in [0, 0.05) is 6.04 Å². The topological polar surface area (TPSA) is 79.0 Å². The van der Waals surface area contributed by atoms with Crippen molar-refractivity contribution in [3.05, 3.63) is 23.2 Å². The molecule has 0 unspecified atom stereocenters. The Morgan fingerprint density at radius 1 is 1.38 bits per heavy atom. The number of rotatable bonds is 6. The van der Waals surface area contributed by atoms with E-state index < -0.39 is 16.1 Å². The van der Waals surface area contributed by atoms with Crippen LogP contribution >= 0.6 is 11.6 Å². The van der Waals surface area contributed by atoms with Crippen molar-refractivity contribution in [3.8, 4) is 5.75 Å². The SMILES string of the molecule is COc1ccc(N([C@H](C)C(=O)NC2CCN(C)CC2)S(C)(=O)=O)cc1Cl. The standard InChI is InChI=1S/C17H26ClN3O4S/c1-12(17(22)19-13-7-9-20(2)10-8-13)21(26(4,23)24)14-5-6-16(25-3)15(18)11-14/h5-6,11-13H,7-10H2,1-4H3,(H,19,22)/t12-/m1/s1. The van der Waals surface area contributed by atoms with Gasteiger partial charge in [0.2, 0.25) is 15.9 Å². The van der Waals surface area contributed by atoms with E-state index in [-0.39, 0.29) is 17.0 Å². The van der Waals surface area contributed by atoms with Crippen molar-refractivity contribution < 1.29 is 17.9 Å². The molecule has 146 valence electrons. The Kier molecular flexibility index (Phi) is 6.76. The number of anilines is 1. The zero-order chi connectivity index (χ0) is 19.5. The molecule has 1 atom stereocenters. The zero-order valence-electron chi connectivity index (χ0n) is 15.5. The maximum atomic E-state index is 12.7. The van der Waals surface area contributed by atoms with Crippen molar-refractivity contribution in [2.24, 2.45) is 0 Å². The Morgan fingerprint density at radius 3 is 2.50 bits per heavy atom. The van der Waals surface area contributed by atoms with Gasteiger partial charge in [-0.1, -0.05) is 11.6 Å². The summed E-state index contributed by atoms with van der Waals surface area (Å²) in [6, 6.07) is 3.81. The Bertz CT molecular complexity index is 748. The minimum Gasteiger partial charge on any atom is -0.495 e. The zero-order valence-corrected chi connectivity index (χ0v) is 17.1. The molecular weight excluding hydrogens is 378 g/mol. The molecule has 1 aliphatic heterocycles. The van der Waals surface area contributed by atoms with Gasteiger partial charge in [0.25, 0.3) is 0 Å². The Morgan fingerprint density at radius 2 is 2.00 bits per heavy atom. The average molecular weight is 404 g/mol. The molecule has 1 fully saturated rings. The molecule has 0 aromatic heterocycles. The Hall–Kier alpha value is -1.51. The number of sulfonamides is 1. The highest BCUT2D eigenvalue weighted by atomic mass is 35.5. The van der Waals surface area contributed by atoms with E-state index in [2.05, 4.69) is 10.2 Å². The van der Waals surface area contributed by atoms with Crippen molar-refractivity contribution >= 4 is 33.2 Å². The first-order chi connectivity index (χ1) is 12.1. The van der Waals surface area contributed by atoms with E-state index in [9.17, 15) is 13.2 Å². The lowest BCUT2D eigenvalue weighted by Gasteiger charge is -2.33. The number of methoxy groups -OCH3 is 1. The van der Waals surface area contributed by atoms with Crippen molar-refractivity contribution in [1.82, 2.24) is 10.2 Å². The highest BCUT2D eigenvalue weighted by molar-refractivity contribution is 7.92. The van der Waals surface area contributed by atoms with Gasteiger partial charge in [-0.05, 0) is 58.1 Å². The average Bonchev–Trinajstić information content (AvgIpc) is 2.56. The molecule has 0 bridgehead atoms. The third-order valence-corrected chi connectivity index (χ3v) is 6.08. The fraction of sp³-hybridized carbons (Fsp3) is 0.588. The number of carbonyl (C=O) groups excluding carboxylic acids is 1. The van der Waals surface area contributed by atoms with Crippen LogP contribution in [0.3, 0.4) is 0 Å². The summed E-state index contributed by atoms with van der Waals surface area (Å²) in [6.07, 6.45) is 2.77. The van der Waals surface area contributed by atoms with E-state index in [4.69, 9.17) is 16.3 Å². The number of likely N-dealkylation sites (tertiary alicyclic amines) is 1. The van der Waals surface area contributed by atoms with Crippen LogP contribution in [-0.4, -0.2) is 64.8 Å². The van der Waals surface area contributed by atoms with E-state index in [1.807, 2.05) is 7.05 Å². The van der Waals surface area contributed by atoms with E-state index in [0.29, 0.717) is 11.4 Å². The van der Waals surface area contributed by atoms with Crippen molar-refractivity contribution in [3.63, 3.8) is 0 Å². The molecule has 0 spiro atoms. The highest BCUT2D eigenvalue weighted by Gasteiger charge is 2.31. The maximum absolute atomic E-state index is 12.7. The highest BCUT2D eigenvalue weighted by Crippen LogP contribution is 2.31. The summed E-state index contributed by atoms with van der Waals surface area (Å²) in [5, 5.41) is 3.25. The molecule has 2 rings (SSSR count). The maximum Gasteiger partial charge on any atom is 0.243 e. The van der Waals surface area contributed by atoms with Crippen molar-refractivity contribution in [1.29, 1.82) is 0 Å². The fourth-order valence-corrected chi connectivity index (χ4v) is 4.49. The van der Waals surface area contributed by atoms with Crippen LogP contribution in [-0.2, 0) is 14.8 Å². The lowest BCUT2D eigenvalue weighted by atomic mass is 10.1. The summed E-state index contributed by atoms with van der Waals surface area (Å²) in [6.45, 7) is 3.38. The summed E-state index contributed by atoms with van der Waals surface area (Å²) >= 11 is 6.13. The predicted octanol–water partition coefficient (Wildman–Crippen LogP) is 1.71. The van der Waals surface area contributed by atoms with Gasteiger partial charge < -0.3 is 15.0 Å². The molecular formula is C17H26ClN3O4S. The van der Waals surface area contributed by atoms with Gasteiger partial charge in [0.15, 0.2) is 0 Å². The minimum absolute atomic E-state index is 0.0574. The third kappa shape index (κ3) is 5.02. The molecule has 1 heterocycles. The first-order valence-electron chi connectivity index (χ1n) is 8.45. The number of hydrogen-bond acceptors (Lipinski definition) is 5. The number of benzene rings is 1. The van der Waals surface area contributed by atoms with Crippen molar-refractivity contribution in [2.45, 2.75) is 31.8 Å². The van der Waals surface area contributed by atoms with Crippen LogP contribution in [0.2, 0.25) is 5.02 Å². The van der Waals surface area contributed by atoms with Crippen LogP contribution in [0.15, 0.2) is 18.2 Å². The molecule has 0 radical (unpaired) electrons. The summed E-state index contributed by atoms with van der Waals surface area (Å²) in [7, 11) is -0.163. The first-order valence-corrected chi connectivity index (χ1v) is 10.7. The Labute approximate surface area is 160 Å². The molecule has 1 aromatic carbocycles. The van der Waals surface area contributed by atoms with Gasteiger partial charge in [-0.15, -0.1) is 0 Å². The summed E-state index contributed by atoms with van der Waals surface area (Å²) in [5.74, 6) is 0.115. The number of piperidine rings is 1. The molecule has 1 saturated heterocycles. The summed E-state index contributed by atoms with van der Waals surface area (Å²) < 4.78 is 30.9. The van der Waals surface area contributed by atoms with Crippen molar-refractivity contribution in [2.75, 3.05) is 37.8 Å². The second-order valence-electron chi connectivity index (χ2n) is 6.64. The monoisotopic (exact) mass is 403 g/mol. The van der Waals surface area contributed by atoms with Crippen LogP contribution in [0.25, 0.3) is 0 Å². The summed E-state index contributed by atoms with van der Waals surface area (Å²) in [4.78, 5) is 14.9. The molecule has 7 nitrogen and oxygen atoms in total. The van der Waals surface area contributed by atoms with E-state index >= 15 is 0 Å². The largest absolute Gasteiger partial charge is 0.495 e. The molecule has 1 aliphatic rings. The second-order valence-corrected chi connectivity index (χ2v) is 8.91. The number of nitrogens with zero attached hydrogens (tertiary/aromatic N) is 2. The van der Waals surface area contributed by atoms with Gasteiger partial charge in [-0.3, -0.25) is 9.10 Å². The number of halogens is 1. The molecule has 1 amide bonds. The van der Waals surface area contributed by atoms with Crippen LogP contribution in [0, 0.1) is 0 Å². The first kappa shape index (κ1) is 20.8. The van der Waals surface area contributed by atoms with E-state index in [1.54, 1.807) is 19.1 Å². The number of hydrogen-bond donors (Lipinski definition) is 1. The van der Waals surface area contributed by atoms with Crippen LogP contribution in [0.1, 0.15) is 19.8 Å². The van der Waals surface area contributed by atoms with Gasteiger partial charge in [0.1, 0.15) is 11.8 Å². The number of ether oxygens (including phenoxy) is 1. The lowest BCUT2D eigenvalue weighted by Crippen LogP contribution is -2.52. The van der Waals surface area contributed by atoms with E-state index in [1.165, 1.54) is 13.2 Å². The molecule has 9 heteroatoms. The van der Waals surface area contributed by atoms with Crippen LogP contribution < -0.4 is 14.4 Å². The molecule has 26 heavy (non-hydrogen) atoms. The van der Waals surface area contributed by atoms with Crippen LogP contribution in [0.5, 0.6) is 5.75 Å². The third-order valence-electron chi connectivity index (χ3n) is 4.54. The van der Waals surface area contributed by atoms with Gasteiger partial charge in [-0.25, -0.2) is 8.42 Å². The smallest absolute Gasteiger partial charge is 0.243 e.